The molecule has 1 aliphatic heterocycles. The Morgan fingerprint density at radius 2 is 2.21 bits per heavy atom. The lowest BCUT2D eigenvalue weighted by Crippen LogP contribution is -2.43. The Labute approximate surface area is 83.7 Å². The molecule has 0 fully saturated rings. The molecule has 0 bridgehead atoms. The van der Waals surface area contributed by atoms with Crippen LogP contribution in [0.5, 0.6) is 5.75 Å². The zero-order chi connectivity index (χ0) is 10.2. The van der Waals surface area contributed by atoms with Crippen LogP contribution in [0.3, 0.4) is 0 Å². The van der Waals surface area contributed by atoms with Crippen molar-refractivity contribution >= 4 is 0 Å². The highest BCUT2D eigenvalue weighted by molar-refractivity contribution is 5.41. The van der Waals surface area contributed by atoms with E-state index in [1.165, 1.54) is 0 Å². The summed E-state index contributed by atoms with van der Waals surface area (Å²) in [7, 11) is 1.85. The van der Waals surface area contributed by atoms with Gasteiger partial charge >= 0.3 is 0 Å². The fraction of sp³-hybridized carbons (Fsp3) is 0.455. The van der Waals surface area contributed by atoms with E-state index in [1.54, 1.807) is 0 Å². The SMILES string of the molecule is CNC[C@]1(C)Oc2ccccc2[C@H]1O. The van der Waals surface area contributed by atoms with Crippen molar-refractivity contribution in [3.63, 3.8) is 0 Å². The van der Waals surface area contributed by atoms with Crippen LogP contribution in [0, 0.1) is 0 Å². The van der Waals surface area contributed by atoms with Crippen LogP contribution < -0.4 is 10.1 Å². The summed E-state index contributed by atoms with van der Waals surface area (Å²) in [4.78, 5) is 0. The summed E-state index contributed by atoms with van der Waals surface area (Å²) in [6.07, 6.45) is -0.550. The predicted molar refractivity (Wildman–Crippen MR) is 54.4 cm³/mol. The van der Waals surface area contributed by atoms with Crippen molar-refractivity contribution in [1.82, 2.24) is 5.32 Å². The number of nitrogens with one attached hydrogen (secondary N) is 1. The zero-order valence-electron chi connectivity index (χ0n) is 8.45. The maximum atomic E-state index is 10.1. The lowest BCUT2D eigenvalue weighted by atomic mass is 9.96. The second-order valence-corrected chi connectivity index (χ2v) is 3.89. The third kappa shape index (κ3) is 1.29. The zero-order valence-corrected chi connectivity index (χ0v) is 8.45. The van der Waals surface area contributed by atoms with Crippen LogP contribution in [0.4, 0.5) is 0 Å². The molecule has 0 unspecified atom stereocenters. The molecule has 1 aliphatic rings. The fourth-order valence-corrected chi connectivity index (χ4v) is 1.92. The molecule has 2 atom stereocenters. The van der Waals surface area contributed by atoms with E-state index in [4.69, 9.17) is 4.74 Å². The molecule has 0 spiro atoms. The van der Waals surface area contributed by atoms with Crippen molar-refractivity contribution in [3.8, 4) is 5.75 Å². The second kappa shape index (κ2) is 3.26. The van der Waals surface area contributed by atoms with E-state index in [2.05, 4.69) is 5.32 Å². The van der Waals surface area contributed by atoms with Crippen LogP contribution in [-0.4, -0.2) is 24.3 Å². The van der Waals surface area contributed by atoms with Crippen LogP contribution in [-0.2, 0) is 0 Å². The number of hydrogen-bond donors (Lipinski definition) is 2. The number of fused-ring (bicyclic) bond motifs is 1. The molecule has 1 heterocycles. The van der Waals surface area contributed by atoms with Gasteiger partial charge in [-0.05, 0) is 20.0 Å². The molecule has 0 saturated heterocycles. The Hall–Kier alpha value is -1.06. The number of ether oxygens (including phenoxy) is 1. The Morgan fingerprint density at radius 1 is 1.50 bits per heavy atom. The summed E-state index contributed by atoms with van der Waals surface area (Å²) >= 11 is 0. The molecule has 0 radical (unpaired) electrons. The van der Waals surface area contributed by atoms with Crippen LogP contribution in [0.1, 0.15) is 18.6 Å². The minimum atomic E-state index is -0.550. The molecule has 2 N–H and O–H groups in total. The maximum absolute atomic E-state index is 10.1. The first-order chi connectivity index (χ1) is 6.67. The molecule has 0 saturated carbocycles. The van der Waals surface area contributed by atoms with Crippen molar-refractivity contribution < 1.29 is 9.84 Å². The first-order valence-electron chi connectivity index (χ1n) is 4.78. The quantitative estimate of drug-likeness (QED) is 0.738. The van der Waals surface area contributed by atoms with Gasteiger partial charge in [0.05, 0.1) is 0 Å². The van der Waals surface area contributed by atoms with Gasteiger partial charge in [-0.25, -0.2) is 0 Å². The van der Waals surface area contributed by atoms with Gasteiger partial charge in [0.2, 0.25) is 0 Å². The van der Waals surface area contributed by atoms with E-state index >= 15 is 0 Å². The van der Waals surface area contributed by atoms with Gasteiger partial charge in [0.15, 0.2) is 0 Å². The standard InChI is InChI=1S/C11H15NO2/c1-11(7-12-2)10(13)8-5-3-4-6-9(8)14-11/h3-6,10,12-13H,7H2,1-2H3/t10-,11+/m1/s1. The number of hydrogen-bond acceptors (Lipinski definition) is 3. The number of aliphatic hydroxyl groups excluding tert-OH is 1. The molecule has 3 heteroatoms. The third-order valence-electron chi connectivity index (χ3n) is 2.66. The number of likely N-dealkylation sites (N-methyl/N-ethyl adjacent to an activating group) is 1. The van der Waals surface area contributed by atoms with Gasteiger partial charge in [0.25, 0.3) is 0 Å². The first kappa shape index (κ1) is 9.49. The molecule has 14 heavy (non-hydrogen) atoms. The van der Waals surface area contributed by atoms with Crippen LogP contribution in [0.15, 0.2) is 24.3 Å². The van der Waals surface area contributed by atoms with E-state index in [9.17, 15) is 5.11 Å². The molecule has 0 amide bonds. The van der Waals surface area contributed by atoms with Crippen molar-refractivity contribution in [3.05, 3.63) is 29.8 Å². The Morgan fingerprint density at radius 3 is 2.86 bits per heavy atom. The van der Waals surface area contributed by atoms with Crippen molar-refractivity contribution in [2.75, 3.05) is 13.6 Å². The van der Waals surface area contributed by atoms with E-state index in [1.807, 2.05) is 38.2 Å². The number of aliphatic hydroxyl groups is 1. The van der Waals surface area contributed by atoms with Crippen LogP contribution in [0.2, 0.25) is 0 Å². The molecule has 0 aromatic heterocycles. The molecule has 0 aliphatic carbocycles. The minimum Gasteiger partial charge on any atom is -0.483 e. The third-order valence-corrected chi connectivity index (χ3v) is 2.66. The summed E-state index contributed by atoms with van der Waals surface area (Å²) in [5, 5.41) is 13.1. The monoisotopic (exact) mass is 193 g/mol. The molecule has 76 valence electrons. The summed E-state index contributed by atoms with van der Waals surface area (Å²) in [5.74, 6) is 0.790. The lowest BCUT2D eigenvalue weighted by Gasteiger charge is -2.27. The van der Waals surface area contributed by atoms with E-state index in [0.717, 1.165) is 11.3 Å². The highest BCUT2D eigenvalue weighted by Gasteiger charge is 2.43. The fourth-order valence-electron chi connectivity index (χ4n) is 1.92. The summed E-state index contributed by atoms with van der Waals surface area (Å²) in [6.45, 7) is 2.54. The molecular formula is C11H15NO2. The molecule has 2 rings (SSSR count). The number of para-hydroxylation sites is 1. The molecular weight excluding hydrogens is 178 g/mol. The minimum absolute atomic E-state index is 0.543. The summed E-state index contributed by atoms with van der Waals surface area (Å²) < 4.78 is 5.73. The average Bonchev–Trinajstić information content (AvgIpc) is 2.41. The molecule has 1 aromatic rings. The Kier molecular flexibility index (Phi) is 2.21. The van der Waals surface area contributed by atoms with Crippen molar-refractivity contribution in [1.29, 1.82) is 0 Å². The highest BCUT2D eigenvalue weighted by Crippen LogP contribution is 2.42. The number of benzene rings is 1. The molecule has 1 aromatic carbocycles. The summed E-state index contributed by atoms with van der Waals surface area (Å²) in [6, 6.07) is 7.62. The van der Waals surface area contributed by atoms with Crippen molar-refractivity contribution in [2.24, 2.45) is 0 Å². The topological polar surface area (TPSA) is 41.5 Å². The highest BCUT2D eigenvalue weighted by atomic mass is 16.5. The first-order valence-corrected chi connectivity index (χ1v) is 4.78. The Balaban J connectivity index is 2.33. The molecule has 3 nitrogen and oxygen atoms in total. The largest absolute Gasteiger partial charge is 0.483 e. The van der Waals surface area contributed by atoms with Crippen LogP contribution >= 0.6 is 0 Å². The van der Waals surface area contributed by atoms with Gasteiger partial charge in [-0.1, -0.05) is 18.2 Å². The normalized spacial score (nSPS) is 29.8. The maximum Gasteiger partial charge on any atom is 0.148 e. The van der Waals surface area contributed by atoms with Gasteiger partial charge in [-0.3, -0.25) is 0 Å². The van der Waals surface area contributed by atoms with E-state index in [-0.39, 0.29) is 0 Å². The summed E-state index contributed by atoms with van der Waals surface area (Å²) in [5.41, 5.74) is 0.337. The van der Waals surface area contributed by atoms with Gasteiger partial charge in [0, 0.05) is 12.1 Å². The van der Waals surface area contributed by atoms with Crippen LogP contribution in [0.25, 0.3) is 0 Å². The van der Waals surface area contributed by atoms with Gasteiger partial charge in [0.1, 0.15) is 17.5 Å². The van der Waals surface area contributed by atoms with E-state index < -0.39 is 11.7 Å². The van der Waals surface area contributed by atoms with Crippen molar-refractivity contribution in [2.45, 2.75) is 18.6 Å². The van der Waals surface area contributed by atoms with Gasteiger partial charge in [-0.15, -0.1) is 0 Å². The van der Waals surface area contributed by atoms with E-state index in [0.29, 0.717) is 6.54 Å². The lowest BCUT2D eigenvalue weighted by molar-refractivity contribution is -0.0116. The predicted octanol–water partition coefficient (Wildman–Crippen LogP) is 1.09. The van der Waals surface area contributed by atoms with Gasteiger partial charge in [-0.2, -0.15) is 0 Å². The second-order valence-electron chi connectivity index (χ2n) is 3.89. The smallest absolute Gasteiger partial charge is 0.148 e. The Bertz CT molecular complexity index is 340. The number of rotatable bonds is 2. The average molecular weight is 193 g/mol. The van der Waals surface area contributed by atoms with Gasteiger partial charge < -0.3 is 15.2 Å².